The van der Waals surface area contributed by atoms with Crippen LogP contribution in [-0.2, 0) is 13.1 Å². The number of amides is 2. The van der Waals surface area contributed by atoms with Crippen molar-refractivity contribution in [1.29, 1.82) is 0 Å². The summed E-state index contributed by atoms with van der Waals surface area (Å²) < 4.78 is 0. The van der Waals surface area contributed by atoms with Crippen LogP contribution in [0.25, 0.3) is 0 Å². The van der Waals surface area contributed by atoms with Crippen molar-refractivity contribution in [2.45, 2.75) is 20.0 Å². The van der Waals surface area contributed by atoms with E-state index in [9.17, 15) is 9.59 Å². The number of benzene rings is 4. The molecule has 0 atom stereocenters. The highest BCUT2D eigenvalue weighted by Crippen LogP contribution is 2.14. The van der Waals surface area contributed by atoms with E-state index >= 15 is 0 Å². The maximum Gasteiger partial charge on any atom is 0.271 e. The Hall–Kier alpha value is -4.59. The third kappa shape index (κ3) is 7.97. The molecule has 0 saturated carbocycles. The van der Waals surface area contributed by atoms with Gasteiger partial charge < -0.3 is 5.32 Å². The molecule has 4 aromatic rings. The zero-order chi connectivity index (χ0) is 28.4. The number of piperazine rings is 1. The molecule has 1 fully saturated rings. The number of carbonyl (C=O) groups is 2. The van der Waals surface area contributed by atoms with Crippen LogP contribution in [0.2, 0.25) is 0 Å². The second-order valence-corrected chi connectivity index (χ2v) is 10.3. The van der Waals surface area contributed by atoms with Gasteiger partial charge in [0, 0.05) is 56.1 Å². The molecule has 2 amide bonds. The Labute approximate surface area is 241 Å². The number of hydrogen-bond donors (Lipinski definition) is 2. The summed E-state index contributed by atoms with van der Waals surface area (Å²) in [5, 5.41) is 7.16. The highest BCUT2D eigenvalue weighted by Gasteiger charge is 2.17. The lowest BCUT2D eigenvalue weighted by Crippen LogP contribution is -2.45. The molecular formula is C34H35N5O2. The molecule has 4 aromatic carbocycles. The topological polar surface area (TPSA) is 77.0 Å². The predicted octanol–water partition coefficient (Wildman–Crippen LogP) is 5.41. The molecule has 0 spiro atoms. The molecule has 7 nitrogen and oxygen atoms in total. The fourth-order valence-corrected chi connectivity index (χ4v) is 4.82. The van der Waals surface area contributed by atoms with E-state index in [0.717, 1.165) is 44.8 Å². The van der Waals surface area contributed by atoms with Gasteiger partial charge in [-0.1, -0.05) is 72.8 Å². The van der Waals surface area contributed by atoms with E-state index < -0.39 is 0 Å². The summed E-state index contributed by atoms with van der Waals surface area (Å²) in [6.07, 6.45) is 0. The lowest BCUT2D eigenvalue weighted by Gasteiger charge is -2.34. The van der Waals surface area contributed by atoms with E-state index in [1.165, 1.54) is 11.1 Å². The first-order valence-corrected chi connectivity index (χ1v) is 13.9. The van der Waals surface area contributed by atoms with Crippen molar-refractivity contribution in [2.75, 3.05) is 31.5 Å². The van der Waals surface area contributed by atoms with Crippen molar-refractivity contribution in [2.24, 2.45) is 5.10 Å². The molecule has 1 aliphatic heterocycles. The van der Waals surface area contributed by atoms with Crippen molar-refractivity contribution in [3.8, 4) is 0 Å². The maximum atomic E-state index is 12.7. The van der Waals surface area contributed by atoms with Crippen LogP contribution in [0.1, 0.15) is 44.3 Å². The van der Waals surface area contributed by atoms with Gasteiger partial charge in [0.15, 0.2) is 0 Å². The molecule has 208 valence electrons. The first-order valence-electron chi connectivity index (χ1n) is 13.9. The summed E-state index contributed by atoms with van der Waals surface area (Å²) in [7, 11) is 0. The maximum absolute atomic E-state index is 12.7. The molecular weight excluding hydrogens is 510 g/mol. The minimum Gasteiger partial charge on any atom is -0.322 e. The number of rotatable bonds is 9. The Morgan fingerprint density at radius 2 is 1.10 bits per heavy atom. The van der Waals surface area contributed by atoms with Crippen molar-refractivity contribution < 1.29 is 9.59 Å². The van der Waals surface area contributed by atoms with Crippen molar-refractivity contribution >= 4 is 23.2 Å². The van der Waals surface area contributed by atoms with E-state index in [1.54, 1.807) is 12.1 Å². The van der Waals surface area contributed by atoms with Gasteiger partial charge in [0.25, 0.3) is 11.8 Å². The molecule has 0 unspecified atom stereocenters. The molecule has 0 bridgehead atoms. The van der Waals surface area contributed by atoms with Gasteiger partial charge >= 0.3 is 0 Å². The van der Waals surface area contributed by atoms with Gasteiger partial charge in [0.2, 0.25) is 0 Å². The standard InChI is InChI=1S/C34H35N5O2/c1-26(29-16-18-32(19-17-29)35-33(40)30-10-6-3-7-11-30)36-37-34(41)31-14-12-28(13-15-31)25-39-22-20-38(21-23-39)24-27-8-4-2-5-9-27/h2-19H,20-25H2,1H3,(H,35,40)(H,37,41)/b36-26-. The first-order chi connectivity index (χ1) is 20.0. The summed E-state index contributed by atoms with van der Waals surface area (Å²) in [6, 6.07) is 34.8. The molecule has 0 aliphatic carbocycles. The highest BCUT2D eigenvalue weighted by molar-refractivity contribution is 6.05. The molecule has 0 radical (unpaired) electrons. The normalized spacial score (nSPS) is 14.4. The molecule has 5 rings (SSSR count). The third-order valence-corrected chi connectivity index (χ3v) is 7.26. The lowest BCUT2D eigenvalue weighted by atomic mass is 10.1. The van der Waals surface area contributed by atoms with E-state index in [2.05, 4.69) is 56.0 Å². The minimum absolute atomic E-state index is 0.163. The number of anilines is 1. The molecule has 1 heterocycles. The molecule has 1 saturated heterocycles. The monoisotopic (exact) mass is 545 g/mol. The van der Waals surface area contributed by atoms with Gasteiger partial charge in [0.1, 0.15) is 0 Å². The summed E-state index contributed by atoms with van der Waals surface area (Å²) in [4.78, 5) is 30.0. The molecule has 7 heteroatoms. The largest absolute Gasteiger partial charge is 0.322 e. The summed E-state index contributed by atoms with van der Waals surface area (Å²) >= 11 is 0. The van der Waals surface area contributed by atoms with E-state index in [-0.39, 0.29) is 11.8 Å². The second kappa shape index (κ2) is 13.7. The highest BCUT2D eigenvalue weighted by atomic mass is 16.2. The average molecular weight is 546 g/mol. The Kier molecular flexibility index (Phi) is 9.31. The van der Waals surface area contributed by atoms with Gasteiger partial charge in [-0.15, -0.1) is 0 Å². The van der Waals surface area contributed by atoms with Crippen LogP contribution in [0.5, 0.6) is 0 Å². The van der Waals surface area contributed by atoms with E-state index in [0.29, 0.717) is 22.5 Å². The third-order valence-electron chi connectivity index (χ3n) is 7.26. The molecule has 41 heavy (non-hydrogen) atoms. The van der Waals surface area contributed by atoms with Gasteiger partial charge in [-0.2, -0.15) is 5.10 Å². The fraction of sp³-hybridized carbons (Fsp3) is 0.206. The Balaban J connectivity index is 1.08. The van der Waals surface area contributed by atoms with E-state index in [4.69, 9.17) is 0 Å². The van der Waals surface area contributed by atoms with Crippen molar-refractivity contribution in [1.82, 2.24) is 15.2 Å². The summed E-state index contributed by atoms with van der Waals surface area (Å²) in [5.41, 5.74) is 8.58. The Bertz CT molecular complexity index is 1460. The number of hydrogen-bond acceptors (Lipinski definition) is 5. The second-order valence-electron chi connectivity index (χ2n) is 10.3. The quantitative estimate of drug-likeness (QED) is 0.218. The molecule has 2 N–H and O–H groups in total. The number of nitrogens with one attached hydrogen (secondary N) is 2. The Morgan fingerprint density at radius 3 is 1.68 bits per heavy atom. The SMILES string of the molecule is C/C(=N/NC(=O)c1ccc(CN2CCN(Cc3ccccc3)CC2)cc1)c1ccc(NC(=O)c2ccccc2)cc1. The van der Waals surface area contributed by atoms with Crippen LogP contribution in [0.4, 0.5) is 5.69 Å². The fourth-order valence-electron chi connectivity index (χ4n) is 4.82. The summed E-state index contributed by atoms with van der Waals surface area (Å²) in [6.45, 7) is 7.88. The smallest absolute Gasteiger partial charge is 0.271 e. The van der Waals surface area contributed by atoms with Gasteiger partial charge in [-0.25, -0.2) is 5.43 Å². The van der Waals surface area contributed by atoms with Crippen LogP contribution >= 0.6 is 0 Å². The van der Waals surface area contributed by atoms with Gasteiger partial charge in [0.05, 0.1) is 5.71 Å². The summed E-state index contributed by atoms with van der Waals surface area (Å²) in [5.74, 6) is -0.416. The lowest BCUT2D eigenvalue weighted by molar-refractivity contribution is 0.0953. The van der Waals surface area contributed by atoms with Crippen molar-refractivity contribution in [3.63, 3.8) is 0 Å². The van der Waals surface area contributed by atoms with E-state index in [1.807, 2.05) is 73.7 Å². The minimum atomic E-state index is -0.253. The molecule has 0 aromatic heterocycles. The van der Waals surface area contributed by atoms with Crippen LogP contribution in [0.15, 0.2) is 114 Å². The van der Waals surface area contributed by atoms with Crippen LogP contribution < -0.4 is 10.7 Å². The average Bonchev–Trinajstić information content (AvgIpc) is 3.02. The van der Waals surface area contributed by atoms with Crippen LogP contribution in [0.3, 0.4) is 0 Å². The number of hydrazone groups is 1. The van der Waals surface area contributed by atoms with Gasteiger partial charge in [-0.3, -0.25) is 19.4 Å². The molecule has 1 aliphatic rings. The van der Waals surface area contributed by atoms with Crippen LogP contribution in [-0.4, -0.2) is 53.5 Å². The number of nitrogens with zero attached hydrogens (tertiary/aromatic N) is 3. The number of carbonyl (C=O) groups excluding carboxylic acids is 2. The van der Waals surface area contributed by atoms with Crippen molar-refractivity contribution in [3.05, 3.63) is 137 Å². The zero-order valence-corrected chi connectivity index (χ0v) is 23.3. The predicted molar refractivity (Wildman–Crippen MR) is 164 cm³/mol. The van der Waals surface area contributed by atoms with Gasteiger partial charge in [-0.05, 0) is 60.0 Å². The van der Waals surface area contributed by atoms with Crippen LogP contribution in [0, 0.1) is 0 Å². The Morgan fingerprint density at radius 1 is 0.610 bits per heavy atom. The zero-order valence-electron chi connectivity index (χ0n) is 23.3. The first kappa shape index (κ1) is 28.0.